The van der Waals surface area contributed by atoms with Crippen molar-refractivity contribution in [1.82, 2.24) is 9.78 Å². The van der Waals surface area contributed by atoms with Crippen LogP contribution in [-0.2, 0) is 4.79 Å². The first-order valence-corrected chi connectivity index (χ1v) is 9.28. The molecule has 1 atom stereocenters. The summed E-state index contributed by atoms with van der Waals surface area (Å²) in [6.45, 7) is 3.37. The van der Waals surface area contributed by atoms with Crippen LogP contribution in [0.2, 0.25) is 5.02 Å². The van der Waals surface area contributed by atoms with Crippen LogP contribution in [0.15, 0.2) is 48.7 Å². The first kappa shape index (κ1) is 21.1. The summed E-state index contributed by atoms with van der Waals surface area (Å²) in [5.41, 5.74) is 0.600. The van der Waals surface area contributed by atoms with Crippen molar-refractivity contribution in [1.29, 1.82) is 0 Å². The monoisotopic (exact) mass is 430 g/mol. The maximum absolute atomic E-state index is 12.6. The standard InChI is InChI=1S/C20H19ClN4O5/c1-12-19(21)11-24(23-12)13(2)20(26)22-14-8-15(25(27)28)10-18(9-14)30-17-6-4-16(29-3)5-7-17/h4-11,13H,1-3H3,(H,22,26). The van der Waals surface area contributed by atoms with Crippen molar-refractivity contribution in [3.63, 3.8) is 0 Å². The molecule has 10 heteroatoms. The summed E-state index contributed by atoms with van der Waals surface area (Å²) < 4.78 is 12.2. The predicted molar refractivity (Wildman–Crippen MR) is 111 cm³/mol. The molecule has 0 aliphatic heterocycles. The second-order valence-corrected chi connectivity index (χ2v) is 6.87. The Morgan fingerprint density at radius 1 is 1.20 bits per heavy atom. The molecule has 1 N–H and O–H groups in total. The van der Waals surface area contributed by atoms with E-state index in [1.165, 1.54) is 22.9 Å². The predicted octanol–water partition coefficient (Wildman–Crippen LogP) is 4.75. The van der Waals surface area contributed by atoms with Gasteiger partial charge in [0.1, 0.15) is 23.3 Å². The average molecular weight is 431 g/mol. The zero-order valence-corrected chi connectivity index (χ0v) is 17.2. The Labute approximate surface area is 177 Å². The van der Waals surface area contributed by atoms with Gasteiger partial charge in [0.15, 0.2) is 0 Å². The molecule has 1 unspecified atom stereocenters. The third kappa shape index (κ3) is 4.87. The molecule has 2 aromatic carbocycles. The topological polar surface area (TPSA) is 109 Å². The molecule has 0 saturated heterocycles. The number of benzene rings is 2. The van der Waals surface area contributed by atoms with Gasteiger partial charge in [0, 0.05) is 18.3 Å². The van der Waals surface area contributed by atoms with Gasteiger partial charge in [-0.25, -0.2) is 0 Å². The highest BCUT2D eigenvalue weighted by molar-refractivity contribution is 6.31. The van der Waals surface area contributed by atoms with E-state index in [0.717, 1.165) is 0 Å². The smallest absolute Gasteiger partial charge is 0.275 e. The van der Waals surface area contributed by atoms with Crippen LogP contribution in [0.4, 0.5) is 11.4 Å². The Balaban J connectivity index is 1.82. The summed E-state index contributed by atoms with van der Waals surface area (Å²) in [7, 11) is 1.55. The van der Waals surface area contributed by atoms with E-state index in [2.05, 4.69) is 10.4 Å². The van der Waals surface area contributed by atoms with Crippen molar-refractivity contribution in [3.05, 3.63) is 69.5 Å². The number of nitrogens with one attached hydrogen (secondary N) is 1. The van der Waals surface area contributed by atoms with Gasteiger partial charge < -0.3 is 14.8 Å². The maximum atomic E-state index is 12.6. The summed E-state index contributed by atoms with van der Waals surface area (Å²) >= 11 is 6.00. The minimum atomic E-state index is -0.679. The first-order chi connectivity index (χ1) is 14.3. The van der Waals surface area contributed by atoms with E-state index in [1.807, 2.05) is 0 Å². The van der Waals surface area contributed by atoms with Crippen molar-refractivity contribution in [3.8, 4) is 17.2 Å². The molecule has 0 saturated carbocycles. The fourth-order valence-corrected chi connectivity index (χ4v) is 2.76. The second-order valence-electron chi connectivity index (χ2n) is 6.46. The number of hydrogen-bond donors (Lipinski definition) is 1. The van der Waals surface area contributed by atoms with Crippen LogP contribution in [0.1, 0.15) is 18.7 Å². The SMILES string of the molecule is COc1ccc(Oc2cc(NC(=O)C(C)n3cc(Cl)c(C)n3)cc([N+](=O)[O-])c2)cc1. The number of carbonyl (C=O) groups is 1. The minimum absolute atomic E-state index is 0.204. The molecule has 1 heterocycles. The highest BCUT2D eigenvalue weighted by Gasteiger charge is 2.19. The lowest BCUT2D eigenvalue weighted by Crippen LogP contribution is -2.24. The van der Waals surface area contributed by atoms with Gasteiger partial charge in [0.25, 0.3) is 5.69 Å². The molecule has 0 radical (unpaired) electrons. The third-order valence-corrected chi connectivity index (χ3v) is 4.67. The zero-order chi connectivity index (χ0) is 21.8. The summed E-state index contributed by atoms with van der Waals surface area (Å²) in [5, 5.41) is 18.6. The van der Waals surface area contributed by atoms with E-state index in [1.54, 1.807) is 51.4 Å². The van der Waals surface area contributed by atoms with E-state index in [9.17, 15) is 14.9 Å². The molecule has 156 valence electrons. The molecule has 1 amide bonds. The number of aryl methyl sites for hydroxylation is 1. The van der Waals surface area contributed by atoms with Crippen LogP contribution < -0.4 is 14.8 Å². The molecular weight excluding hydrogens is 412 g/mol. The Bertz CT molecular complexity index is 1060. The highest BCUT2D eigenvalue weighted by Crippen LogP contribution is 2.31. The van der Waals surface area contributed by atoms with E-state index in [-0.39, 0.29) is 17.1 Å². The molecule has 0 bridgehead atoms. The van der Waals surface area contributed by atoms with Gasteiger partial charge in [-0.3, -0.25) is 19.6 Å². The summed E-state index contributed by atoms with van der Waals surface area (Å²) in [5.74, 6) is 0.904. The number of non-ortho nitro benzene ring substituents is 1. The van der Waals surface area contributed by atoms with Gasteiger partial charge in [-0.2, -0.15) is 5.10 Å². The number of rotatable bonds is 7. The number of nitro benzene ring substituents is 1. The molecule has 3 aromatic rings. The number of hydrogen-bond acceptors (Lipinski definition) is 6. The fourth-order valence-electron chi connectivity index (χ4n) is 2.62. The number of amides is 1. The number of nitro groups is 1. The van der Waals surface area contributed by atoms with E-state index in [4.69, 9.17) is 21.1 Å². The van der Waals surface area contributed by atoms with Gasteiger partial charge in [0.2, 0.25) is 5.91 Å². The number of anilines is 1. The van der Waals surface area contributed by atoms with Crippen molar-refractivity contribution in [2.24, 2.45) is 0 Å². The highest BCUT2D eigenvalue weighted by atomic mass is 35.5. The van der Waals surface area contributed by atoms with Crippen LogP contribution in [0.25, 0.3) is 0 Å². The Morgan fingerprint density at radius 2 is 1.87 bits per heavy atom. The lowest BCUT2D eigenvalue weighted by Gasteiger charge is -2.14. The van der Waals surface area contributed by atoms with Gasteiger partial charge in [-0.1, -0.05) is 11.6 Å². The molecule has 0 fully saturated rings. The molecule has 0 spiro atoms. The van der Waals surface area contributed by atoms with Crippen LogP contribution in [0.3, 0.4) is 0 Å². The maximum Gasteiger partial charge on any atom is 0.275 e. The van der Waals surface area contributed by atoms with Crippen molar-refractivity contribution < 1.29 is 19.2 Å². The van der Waals surface area contributed by atoms with Crippen molar-refractivity contribution in [2.75, 3.05) is 12.4 Å². The van der Waals surface area contributed by atoms with Crippen molar-refractivity contribution >= 4 is 28.9 Å². The van der Waals surface area contributed by atoms with Gasteiger partial charge in [-0.15, -0.1) is 0 Å². The van der Waals surface area contributed by atoms with Crippen LogP contribution in [-0.4, -0.2) is 27.7 Å². The fraction of sp³-hybridized carbons (Fsp3) is 0.200. The quantitative estimate of drug-likeness (QED) is 0.427. The van der Waals surface area contributed by atoms with Gasteiger partial charge in [-0.05, 0) is 38.1 Å². The normalized spacial score (nSPS) is 11.6. The molecule has 1 aromatic heterocycles. The van der Waals surface area contributed by atoms with E-state index < -0.39 is 16.9 Å². The molecular formula is C20H19ClN4O5. The Morgan fingerprint density at radius 3 is 2.43 bits per heavy atom. The lowest BCUT2D eigenvalue weighted by atomic mass is 10.2. The van der Waals surface area contributed by atoms with Crippen LogP contribution >= 0.6 is 11.6 Å². The lowest BCUT2D eigenvalue weighted by molar-refractivity contribution is -0.384. The van der Waals surface area contributed by atoms with Gasteiger partial charge in [0.05, 0.1) is 34.5 Å². The second kappa shape index (κ2) is 8.83. The summed E-state index contributed by atoms with van der Waals surface area (Å²) in [6.07, 6.45) is 1.55. The van der Waals surface area contributed by atoms with E-state index >= 15 is 0 Å². The number of halogens is 1. The van der Waals surface area contributed by atoms with E-state index in [0.29, 0.717) is 22.2 Å². The number of ether oxygens (including phenoxy) is 2. The molecule has 0 aliphatic carbocycles. The zero-order valence-electron chi connectivity index (χ0n) is 16.5. The number of methoxy groups -OCH3 is 1. The Hall–Kier alpha value is -3.59. The molecule has 30 heavy (non-hydrogen) atoms. The minimum Gasteiger partial charge on any atom is -0.497 e. The third-order valence-electron chi connectivity index (χ3n) is 4.30. The summed E-state index contributed by atoms with van der Waals surface area (Å²) in [6, 6.07) is 10.1. The number of aromatic nitrogens is 2. The Kier molecular flexibility index (Phi) is 6.22. The molecule has 0 aliphatic rings. The van der Waals surface area contributed by atoms with Crippen LogP contribution in [0, 0.1) is 17.0 Å². The summed E-state index contributed by atoms with van der Waals surface area (Å²) in [4.78, 5) is 23.4. The molecule has 9 nitrogen and oxygen atoms in total. The largest absolute Gasteiger partial charge is 0.497 e. The first-order valence-electron chi connectivity index (χ1n) is 8.90. The van der Waals surface area contributed by atoms with Crippen molar-refractivity contribution in [2.45, 2.75) is 19.9 Å². The molecule has 3 rings (SSSR count). The number of nitrogens with zero attached hydrogens (tertiary/aromatic N) is 3. The number of carbonyl (C=O) groups excluding carboxylic acids is 1. The van der Waals surface area contributed by atoms with Crippen LogP contribution in [0.5, 0.6) is 17.2 Å². The van der Waals surface area contributed by atoms with Gasteiger partial charge >= 0.3 is 0 Å². The average Bonchev–Trinajstić information content (AvgIpc) is 3.06.